The molecule has 1 aliphatic heterocycles. The van der Waals surface area contributed by atoms with Crippen LogP contribution in [-0.4, -0.2) is 34.8 Å². The van der Waals surface area contributed by atoms with Crippen LogP contribution in [0, 0.1) is 0 Å². The summed E-state index contributed by atoms with van der Waals surface area (Å²) < 4.78 is 12.4. The molecule has 0 amide bonds. The van der Waals surface area contributed by atoms with E-state index in [9.17, 15) is 0 Å². The number of nitrogens with zero attached hydrogens (tertiary/aromatic N) is 3. The first-order valence-corrected chi connectivity index (χ1v) is 7.53. The number of furan rings is 1. The van der Waals surface area contributed by atoms with Gasteiger partial charge in [-0.15, -0.1) is 0 Å². The Hall–Kier alpha value is -2.34. The van der Waals surface area contributed by atoms with Gasteiger partial charge in [0, 0.05) is 29.7 Å². The third-order valence-electron chi connectivity index (χ3n) is 4.22. The number of nitrogens with one attached hydrogen (secondary N) is 1. The normalized spacial score (nSPS) is 18.7. The van der Waals surface area contributed by atoms with E-state index in [4.69, 9.17) is 14.1 Å². The van der Waals surface area contributed by atoms with Gasteiger partial charge in [-0.1, -0.05) is 0 Å². The van der Waals surface area contributed by atoms with Gasteiger partial charge in [-0.25, -0.2) is 4.98 Å². The minimum absolute atomic E-state index is 0.416. The minimum Gasteiger partial charge on any atom is -0.481 e. The van der Waals surface area contributed by atoms with Gasteiger partial charge in [0.25, 0.3) is 0 Å². The summed E-state index contributed by atoms with van der Waals surface area (Å²) in [4.78, 5) is 4.86. The second kappa shape index (κ2) is 5.46. The van der Waals surface area contributed by atoms with E-state index in [1.54, 1.807) is 30.3 Å². The molecule has 1 saturated heterocycles. The van der Waals surface area contributed by atoms with Gasteiger partial charge in [-0.3, -0.25) is 0 Å². The third kappa shape index (κ3) is 2.16. The van der Waals surface area contributed by atoms with Crippen molar-refractivity contribution >= 4 is 5.65 Å². The summed E-state index contributed by atoms with van der Waals surface area (Å²) in [5.74, 6) is 1.13. The third-order valence-corrected chi connectivity index (χ3v) is 4.22. The van der Waals surface area contributed by atoms with E-state index in [0.29, 0.717) is 11.8 Å². The first-order chi connectivity index (χ1) is 10.9. The van der Waals surface area contributed by atoms with Crippen LogP contribution in [0.2, 0.25) is 0 Å². The predicted molar refractivity (Wildman–Crippen MR) is 82.1 cm³/mol. The van der Waals surface area contributed by atoms with E-state index in [0.717, 1.165) is 42.0 Å². The lowest BCUT2D eigenvalue weighted by molar-refractivity contribution is 0.381. The molecule has 6 nitrogen and oxygen atoms in total. The van der Waals surface area contributed by atoms with Crippen molar-refractivity contribution in [1.29, 1.82) is 0 Å². The summed E-state index contributed by atoms with van der Waals surface area (Å²) in [5.41, 5.74) is 3.80. The Bertz CT molecular complexity index is 773. The molecule has 6 heteroatoms. The Kier molecular flexibility index (Phi) is 3.31. The summed E-state index contributed by atoms with van der Waals surface area (Å²) in [6, 6.07) is 3.91. The summed E-state index contributed by atoms with van der Waals surface area (Å²) in [6.45, 7) is 2.05. The predicted octanol–water partition coefficient (Wildman–Crippen LogP) is 2.46. The van der Waals surface area contributed by atoms with E-state index in [1.807, 2.05) is 12.1 Å². The molecule has 1 aliphatic rings. The second-order valence-electron chi connectivity index (χ2n) is 5.57. The highest BCUT2D eigenvalue weighted by molar-refractivity contribution is 5.76. The first kappa shape index (κ1) is 13.3. The van der Waals surface area contributed by atoms with E-state index >= 15 is 0 Å². The fourth-order valence-corrected chi connectivity index (χ4v) is 3.03. The van der Waals surface area contributed by atoms with Crippen molar-refractivity contribution in [1.82, 2.24) is 19.9 Å². The summed E-state index contributed by atoms with van der Waals surface area (Å²) >= 11 is 0. The van der Waals surface area contributed by atoms with E-state index in [-0.39, 0.29) is 0 Å². The molecule has 3 aromatic rings. The smallest absolute Gasteiger partial charge is 0.217 e. The van der Waals surface area contributed by atoms with Crippen LogP contribution >= 0.6 is 0 Å². The fourth-order valence-electron chi connectivity index (χ4n) is 3.03. The van der Waals surface area contributed by atoms with Gasteiger partial charge in [0.1, 0.15) is 0 Å². The molecule has 0 saturated carbocycles. The van der Waals surface area contributed by atoms with Crippen LogP contribution in [0.3, 0.4) is 0 Å². The van der Waals surface area contributed by atoms with Crippen molar-refractivity contribution in [2.75, 3.05) is 20.2 Å². The molecule has 1 fully saturated rings. The van der Waals surface area contributed by atoms with Gasteiger partial charge < -0.3 is 14.5 Å². The number of rotatable bonds is 3. The van der Waals surface area contributed by atoms with Crippen LogP contribution in [0.5, 0.6) is 5.88 Å². The average Bonchev–Trinajstić information content (AvgIpc) is 3.23. The number of methoxy groups -OCH3 is 1. The van der Waals surface area contributed by atoms with Crippen LogP contribution in [-0.2, 0) is 0 Å². The van der Waals surface area contributed by atoms with Crippen molar-refractivity contribution in [3.05, 3.63) is 36.5 Å². The quantitative estimate of drug-likeness (QED) is 0.804. The number of hydrogen-bond donors (Lipinski definition) is 1. The maximum absolute atomic E-state index is 5.51. The lowest BCUT2D eigenvalue weighted by atomic mass is 9.96. The van der Waals surface area contributed by atoms with E-state index in [2.05, 4.69) is 10.4 Å². The van der Waals surface area contributed by atoms with Gasteiger partial charge in [-0.2, -0.15) is 9.61 Å². The van der Waals surface area contributed by atoms with E-state index in [1.165, 1.54) is 6.42 Å². The molecule has 0 spiro atoms. The van der Waals surface area contributed by atoms with Crippen LogP contribution in [0.1, 0.15) is 24.5 Å². The summed E-state index contributed by atoms with van der Waals surface area (Å²) in [7, 11) is 1.66. The molecular formula is C16H18N4O2. The highest BCUT2D eigenvalue weighted by Crippen LogP contribution is 2.30. The standard InChI is InChI=1S/C16H18N4O2/c1-21-15-7-14(11-3-2-5-17-8-11)19-16-13(9-18-20(15)16)12-4-6-22-10-12/h4,6-7,9-11,17H,2-3,5,8H2,1H3. The van der Waals surface area contributed by atoms with Crippen molar-refractivity contribution in [2.24, 2.45) is 0 Å². The Morgan fingerprint density at radius 1 is 1.45 bits per heavy atom. The zero-order valence-electron chi connectivity index (χ0n) is 12.5. The zero-order chi connectivity index (χ0) is 14.9. The van der Waals surface area contributed by atoms with Gasteiger partial charge in [0.2, 0.25) is 5.88 Å². The molecular weight excluding hydrogens is 280 g/mol. The fraction of sp³-hybridized carbons (Fsp3) is 0.375. The molecule has 4 heterocycles. The van der Waals surface area contributed by atoms with Crippen LogP contribution in [0.25, 0.3) is 16.8 Å². The lowest BCUT2D eigenvalue weighted by Crippen LogP contribution is -2.29. The molecule has 1 N–H and O–H groups in total. The van der Waals surface area contributed by atoms with Gasteiger partial charge in [-0.05, 0) is 25.5 Å². The molecule has 0 bridgehead atoms. The van der Waals surface area contributed by atoms with Crippen molar-refractivity contribution in [2.45, 2.75) is 18.8 Å². The number of fused-ring (bicyclic) bond motifs is 1. The maximum atomic E-state index is 5.51. The number of hydrogen-bond acceptors (Lipinski definition) is 5. The molecule has 22 heavy (non-hydrogen) atoms. The Balaban J connectivity index is 1.86. The molecule has 1 unspecified atom stereocenters. The largest absolute Gasteiger partial charge is 0.481 e. The highest BCUT2D eigenvalue weighted by atomic mass is 16.5. The highest BCUT2D eigenvalue weighted by Gasteiger charge is 2.21. The lowest BCUT2D eigenvalue weighted by Gasteiger charge is -2.22. The second-order valence-corrected chi connectivity index (χ2v) is 5.57. The molecule has 4 rings (SSSR count). The van der Waals surface area contributed by atoms with Gasteiger partial charge >= 0.3 is 0 Å². The summed E-state index contributed by atoms with van der Waals surface area (Å²) in [6.07, 6.45) is 7.49. The number of piperidine rings is 1. The molecule has 0 aromatic carbocycles. The van der Waals surface area contributed by atoms with Crippen LogP contribution < -0.4 is 10.1 Å². The van der Waals surface area contributed by atoms with Gasteiger partial charge in [0.15, 0.2) is 5.65 Å². The average molecular weight is 298 g/mol. The number of aromatic nitrogens is 3. The maximum Gasteiger partial charge on any atom is 0.217 e. The summed E-state index contributed by atoms with van der Waals surface area (Å²) in [5, 5.41) is 7.84. The van der Waals surface area contributed by atoms with Crippen molar-refractivity contribution in [3.63, 3.8) is 0 Å². The van der Waals surface area contributed by atoms with Crippen molar-refractivity contribution < 1.29 is 9.15 Å². The molecule has 114 valence electrons. The molecule has 3 aromatic heterocycles. The Morgan fingerprint density at radius 2 is 2.41 bits per heavy atom. The Labute approximate surface area is 128 Å². The molecule has 0 radical (unpaired) electrons. The van der Waals surface area contributed by atoms with Crippen LogP contribution in [0.4, 0.5) is 0 Å². The minimum atomic E-state index is 0.416. The molecule has 1 atom stereocenters. The van der Waals surface area contributed by atoms with E-state index < -0.39 is 0 Å². The van der Waals surface area contributed by atoms with Crippen LogP contribution in [0.15, 0.2) is 35.3 Å². The molecule has 0 aliphatic carbocycles. The Morgan fingerprint density at radius 3 is 3.14 bits per heavy atom. The van der Waals surface area contributed by atoms with Crippen molar-refractivity contribution in [3.8, 4) is 17.0 Å². The monoisotopic (exact) mass is 298 g/mol. The number of ether oxygens (including phenoxy) is 1. The SMILES string of the molecule is COc1cc(C2CCCNC2)nc2c(-c3ccoc3)cnn12. The first-order valence-electron chi connectivity index (χ1n) is 7.53. The topological polar surface area (TPSA) is 64.6 Å². The zero-order valence-corrected chi connectivity index (χ0v) is 12.5. The van der Waals surface area contributed by atoms with Gasteiger partial charge in [0.05, 0.1) is 31.5 Å².